The Labute approximate surface area is 197 Å². The van der Waals surface area contributed by atoms with Crippen LogP contribution in [0.4, 0.5) is 0 Å². The average molecular weight is 474 g/mol. The predicted octanol–water partition coefficient (Wildman–Crippen LogP) is 3.50. The van der Waals surface area contributed by atoms with Gasteiger partial charge in [-0.1, -0.05) is 38.3 Å². The van der Waals surface area contributed by atoms with Crippen LogP contribution in [-0.4, -0.2) is 37.3 Å². The lowest BCUT2D eigenvalue weighted by Gasteiger charge is -2.33. The van der Waals surface area contributed by atoms with Crippen molar-refractivity contribution >= 4 is 41.7 Å². The van der Waals surface area contributed by atoms with Crippen LogP contribution in [0, 0.1) is 11.8 Å². The van der Waals surface area contributed by atoms with Crippen LogP contribution in [0.2, 0.25) is 0 Å². The van der Waals surface area contributed by atoms with Crippen molar-refractivity contribution in [3.8, 4) is 0 Å². The van der Waals surface area contributed by atoms with Crippen molar-refractivity contribution in [1.29, 1.82) is 0 Å². The van der Waals surface area contributed by atoms with Crippen LogP contribution in [0.15, 0.2) is 35.7 Å². The number of ether oxygens (including phenoxy) is 2. The van der Waals surface area contributed by atoms with Gasteiger partial charge in [0, 0.05) is 24.9 Å². The predicted molar refractivity (Wildman–Crippen MR) is 129 cm³/mol. The highest BCUT2D eigenvalue weighted by Gasteiger charge is 2.39. The normalized spacial score (nSPS) is 18.5. The highest BCUT2D eigenvalue weighted by molar-refractivity contribution is 7.80. The highest BCUT2D eigenvalue weighted by atomic mass is 35.5. The van der Waals surface area contributed by atoms with Gasteiger partial charge in [0.2, 0.25) is 0 Å². The average Bonchev–Trinajstić information content (AvgIpc) is 3.01. The van der Waals surface area contributed by atoms with Crippen molar-refractivity contribution in [3.05, 3.63) is 35.7 Å². The van der Waals surface area contributed by atoms with Gasteiger partial charge < -0.3 is 25.8 Å². The summed E-state index contributed by atoms with van der Waals surface area (Å²) < 4.78 is 10.5. The molecular weight excluding hydrogens is 438 g/mol. The van der Waals surface area contributed by atoms with E-state index in [4.69, 9.17) is 15.2 Å². The van der Waals surface area contributed by atoms with Crippen molar-refractivity contribution in [2.45, 2.75) is 52.4 Å². The maximum Gasteiger partial charge on any atom is 0.336 e. The van der Waals surface area contributed by atoms with E-state index in [1.165, 1.54) is 12.8 Å². The molecule has 1 heterocycles. The van der Waals surface area contributed by atoms with Gasteiger partial charge >= 0.3 is 11.9 Å². The smallest absolute Gasteiger partial charge is 0.336 e. The molecule has 31 heavy (non-hydrogen) atoms. The molecule has 0 aromatic carbocycles. The fourth-order valence-electron chi connectivity index (χ4n) is 3.77. The molecule has 0 radical (unpaired) electrons. The molecule has 0 aromatic rings. The Hall–Kier alpha value is -2.06. The molecule has 7 nitrogen and oxygen atoms in total. The lowest BCUT2D eigenvalue weighted by Crippen LogP contribution is -2.35. The molecule has 2 rings (SSSR count). The Morgan fingerprint density at radius 1 is 1.26 bits per heavy atom. The van der Waals surface area contributed by atoms with Crippen molar-refractivity contribution in [2.24, 2.45) is 17.6 Å². The Morgan fingerprint density at radius 3 is 2.32 bits per heavy atom. The van der Waals surface area contributed by atoms with E-state index in [9.17, 15) is 9.59 Å². The van der Waals surface area contributed by atoms with Gasteiger partial charge in [-0.15, -0.1) is 12.4 Å². The summed E-state index contributed by atoms with van der Waals surface area (Å²) >= 11 is 4.36. The number of carbonyl (C=O) groups is 2. The first kappa shape index (κ1) is 28.9. The Kier molecular flexibility index (Phi) is 14.7. The minimum atomic E-state index is -0.381. The fraction of sp³-hybridized carbons (Fsp3) is 0.591. The number of carbonyl (C=O) groups excluding carboxylic acids is 2. The third-order valence-electron chi connectivity index (χ3n) is 5.18. The number of dihydropyridines is 1. The van der Waals surface area contributed by atoms with Gasteiger partial charge in [-0.2, -0.15) is 0 Å². The number of nitrogens with two attached hydrogens (primary N) is 1. The summed E-state index contributed by atoms with van der Waals surface area (Å²) in [5.41, 5.74) is 6.75. The van der Waals surface area contributed by atoms with Crippen LogP contribution in [0.1, 0.15) is 52.4 Å². The largest absolute Gasteiger partial charge is 0.463 e. The number of rotatable bonds is 6. The van der Waals surface area contributed by atoms with E-state index in [1.54, 1.807) is 26.2 Å². The molecule has 176 valence electrons. The zero-order valence-corrected chi connectivity index (χ0v) is 20.3. The molecule has 1 aliphatic heterocycles. The van der Waals surface area contributed by atoms with E-state index in [1.807, 2.05) is 6.92 Å². The van der Waals surface area contributed by atoms with Crippen molar-refractivity contribution in [2.75, 3.05) is 20.3 Å². The van der Waals surface area contributed by atoms with Crippen molar-refractivity contribution < 1.29 is 19.1 Å². The number of hydrogen-bond donors (Lipinski definition) is 3. The summed E-state index contributed by atoms with van der Waals surface area (Å²) in [6, 6.07) is 0. The monoisotopic (exact) mass is 473 g/mol. The molecule has 0 amide bonds. The molecule has 0 spiro atoms. The summed E-state index contributed by atoms with van der Waals surface area (Å²) in [6.45, 7) is 7.70. The lowest BCUT2D eigenvalue weighted by atomic mass is 9.75. The molecular formula is C22H36ClN3O4S. The topological polar surface area (TPSA) is 103 Å². The van der Waals surface area contributed by atoms with Crippen molar-refractivity contribution in [3.63, 3.8) is 0 Å². The number of esters is 2. The summed E-state index contributed by atoms with van der Waals surface area (Å²) in [7, 11) is 1.68. The molecule has 0 unspecified atom stereocenters. The third kappa shape index (κ3) is 9.31. The fourth-order valence-corrected chi connectivity index (χ4v) is 3.77. The van der Waals surface area contributed by atoms with Gasteiger partial charge in [-0.3, -0.25) is 0 Å². The number of allylic oxidation sites excluding steroid dienone is 1. The second-order valence-electron chi connectivity index (χ2n) is 7.23. The zero-order valence-electron chi connectivity index (χ0n) is 18.7. The molecule has 2 aliphatic rings. The van der Waals surface area contributed by atoms with E-state index < -0.39 is 0 Å². The number of thiocarbonyl (C=S) groups is 1. The number of hydrogen-bond acceptors (Lipinski definition) is 6. The Balaban J connectivity index is 0.00000135. The van der Waals surface area contributed by atoms with E-state index in [0.717, 1.165) is 31.4 Å². The maximum absolute atomic E-state index is 12.7. The van der Waals surface area contributed by atoms with Gasteiger partial charge in [0.1, 0.15) is 6.61 Å². The summed E-state index contributed by atoms with van der Waals surface area (Å²) in [4.78, 5) is 25.2. The van der Waals surface area contributed by atoms with Crippen LogP contribution in [0.25, 0.3) is 0 Å². The van der Waals surface area contributed by atoms with Crippen LogP contribution < -0.4 is 16.4 Å². The summed E-state index contributed by atoms with van der Waals surface area (Å²) in [5.74, 6) is -0.753. The molecule has 1 fully saturated rings. The molecule has 0 saturated heterocycles. The van der Waals surface area contributed by atoms with E-state index in [2.05, 4.69) is 29.4 Å². The molecule has 1 atom stereocenters. The molecule has 4 N–H and O–H groups in total. The second-order valence-corrected chi connectivity index (χ2v) is 7.67. The van der Waals surface area contributed by atoms with Crippen molar-refractivity contribution in [1.82, 2.24) is 10.6 Å². The van der Waals surface area contributed by atoms with Gasteiger partial charge in [0.25, 0.3) is 0 Å². The van der Waals surface area contributed by atoms with Crippen LogP contribution >= 0.6 is 24.6 Å². The van der Waals surface area contributed by atoms with Crippen LogP contribution in [-0.2, 0) is 19.1 Å². The molecule has 1 saturated carbocycles. The molecule has 9 heteroatoms. The van der Waals surface area contributed by atoms with Gasteiger partial charge in [-0.25, -0.2) is 9.59 Å². The Bertz CT molecular complexity index is 686. The highest BCUT2D eigenvalue weighted by Crippen LogP contribution is 2.40. The first-order chi connectivity index (χ1) is 14.4. The van der Waals surface area contributed by atoms with E-state index >= 15 is 0 Å². The summed E-state index contributed by atoms with van der Waals surface area (Å²) in [6.07, 6.45) is 9.93. The van der Waals surface area contributed by atoms with Crippen LogP contribution in [0.5, 0.6) is 0 Å². The maximum atomic E-state index is 12.7. The first-order valence-electron chi connectivity index (χ1n) is 10.5. The summed E-state index contributed by atoms with van der Waals surface area (Å²) in [5, 5.41) is 5.93. The molecule has 0 aromatic heterocycles. The molecule has 1 aliphatic carbocycles. The van der Waals surface area contributed by atoms with Gasteiger partial charge in [0.05, 0.1) is 17.8 Å². The van der Waals surface area contributed by atoms with E-state index in [0.29, 0.717) is 22.9 Å². The van der Waals surface area contributed by atoms with Gasteiger partial charge in [0.15, 0.2) is 5.11 Å². The quantitative estimate of drug-likeness (QED) is 0.233. The number of halogens is 1. The van der Waals surface area contributed by atoms with E-state index in [-0.39, 0.29) is 42.8 Å². The minimum absolute atomic E-state index is 0. The third-order valence-corrected chi connectivity index (χ3v) is 5.38. The first-order valence-corrected chi connectivity index (χ1v) is 10.9. The zero-order chi connectivity index (χ0) is 22.5. The SMILES string of the molecule is C=CCOC(=O)C1=C(C)NC=C(C(=O)OCC)[C@H]1C1CCCCCC1.CNC(N)=S.Cl. The Morgan fingerprint density at radius 2 is 1.84 bits per heavy atom. The van der Waals surface area contributed by atoms with Crippen LogP contribution in [0.3, 0.4) is 0 Å². The lowest BCUT2D eigenvalue weighted by molar-refractivity contribution is -0.140. The number of nitrogens with one attached hydrogen (secondary N) is 2. The molecule has 0 bridgehead atoms. The minimum Gasteiger partial charge on any atom is -0.463 e. The van der Waals surface area contributed by atoms with Gasteiger partial charge in [-0.05, 0) is 44.8 Å². The standard InChI is InChI=1S/C20H29NO4.C2H6N2S.ClH/c1-4-12-25-20(23)17-14(3)21-13-16(19(22)24-5-2)18(17)15-10-8-6-7-9-11-15;1-4-2(3)5;/h4,13,15,18,21H,1,5-12H2,2-3H3;1H3,(H3,3,4,5);1H/t18-;;/m1../s1. The second kappa shape index (κ2) is 15.7.